The van der Waals surface area contributed by atoms with E-state index < -0.39 is 0 Å². The number of furan rings is 1. The summed E-state index contributed by atoms with van der Waals surface area (Å²) in [4.78, 5) is 4.41. The number of anilines is 1. The number of aromatic amines is 1. The van der Waals surface area contributed by atoms with Gasteiger partial charge in [-0.2, -0.15) is 15.5 Å². The molecule has 0 fully saturated rings. The van der Waals surface area contributed by atoms with E-state index in [1.165, 1.54) is 0 Å². The average Bonchev–Trinajstić information content (AvgIpc) is 3.36. The fourth-order valence-electron chi connectivity index (χ4n) is 2.95. The molecular formula is C18H15N7O. The molecule has 0 saturated heterocycles. The van der Waals surface area contributed by atoms with E-state index >= 15 is 0 Å². The van der Waals surface area contributed by atoms with Crippen molar-refractivity contribution >= 4 is 5.82 Å². The van der Waals surface area contributed by atoms with E-state index in [0.29, 0.717) is 28.3 Å². The van der Waals surface area contributed by atoms with E-state index in [2.05, 4.69) is 26.3 Å². The van der Waals surface area contributed by atoms with Crippen molar-refractivity contribution in [3.05, 3.63) is 47.9 Å². The lowest BCUT2D eigenvalue weighted by Crippen LogP contribution is -2.02. The van der Waals surface area contributed by atoms with E-state index in [1.54, 1.807) is 17.1 Å². The molecule has 0 aliphatic carbocycles. The summed E-state index contributed by atoms with van der Waals surface area (Å²) in [6.07, 6.45) is 5.21. The van der Waals surface area contributed by atoms with Crippen LogP contribution in [0.2, 0.25) is 0 Å². The summed E-state index contributed by atoms with van der Waals surface area (Å²) in [5, 5.41) is 20.6. The predicted molar refractivity (Wildman–Crippen MR) is 95.6 cm³/mol. The minimum atomic E-state index is 0.159. The molecule has 0 bridgehead atoms. The number of rotatable bonds is 3. The van der Waals surface area contributed by atoms with Gasteiger partial charge in [0.05, 0.1) is 11.9 Å². The van der Waals surface area contributed by atoms with Crippen LogP contribution >= 0.6 is 0 Å². The zero-order valence-corrected chi connectivity index (χ0v) is 14.2. The van der Waals surface area contributed by atoms with Gasteiger partial charge in [-0.15, -0.1) is 0 Å². The number of hydrogen-bond donors (Lipinski definition) is 2. The monoisotopic (exact) mass is 345 g/mol. The first-order valence-electron chi connectivity index (χ1n) is 7.87. The summed E-state index contributed by atoms with van der Waals surface area (Å²) in [7, 11) is 1.83. The third kappa shape index (κ3) is 2.43. The SMILES string of the molecule is Cc1c(-c2cnn(C)c2)nc(N)c(C#N)c1-c1ccc(-c2ccn[nH]2)o1. The van der Waals surface area contributed by atoms with E-state index in [9.17, 15) is 5.26 Å². The molecule has 8 heteroatoms. The number of nitrogen functional groups attached to an aromatic ring is 1. The molecule has 8 nitrogen and oxygen atoms in total. The van der Waals surface area contributed by atoms with Crippen LogP contribution in [0.1, 0.15) is 11.1 Å². The second-order valence-corrected chi connectivity index (χ2v) is 5.87. The van der Waals surface area contributed by atoms with Gasteiger partial charge in [-0.3, -0.25) is 9.78 Å². The summed E-state index contributed by atoms with van der Waals surface area (Å²) in [6, 6.07) is 7.59. The van der Waals surface area contributed by atoms with Crippen LogP contribution in [0.4, 0.5) is 5.82 Å². The summed E-state index contributed by atoms with van der Waals surface area (Å²) < 4.78 is 7.65. The van der Waals surface area contributed by atoms with E-state index in [4.69, 9.17) is 10.2 Å². The lowest BCUT2D eigenvalue weighted by atomic mass is 9.97. The maximum absolute atomic E-state index is 9.60. The van der Waals surface area contributed by atoms with Crippen LogP contribution in [0.15, 0.2) is 41.2 Å². The molecule has 3 N–H and O–H groups in total. The second kappa shape index (κ2) is 5.89. The molecule has 0 amide bonds. The largest absolute Gasteiger partial charge is 0.454 e. The van der Waals surface area contributed by atoms with Crippen LogP contribution < -0.4 is 5.73 Å². The Morgan fingerprint density at radius 2 is 2.08 bits per heavy atom. The Balaban J connectivity index is 1.93. The quantitative estimate of drug-likeness (QED) is 0.588. The topological polar surface area (TPSA) is 122 Å². The lowest BCUT2D eigenvalue weighted by molar-refractivity contribution is 0.594. The zero-order valence-electron chi connectivity index (χ0n) is 14.2. The predicted octanol–water partition coefficient (Wildman–Crippen LogP) is 2.89. The number of nitrogens with one attached hydrogen (secondary N) is 1. The van der Waals surface area contributed by atoms with Crippen molar-refractivity contribution in [1.29, 1.82) is 5.26 Å². The average molecular weight is 345 g/mol. The van der Waals surface area contributed by atoms with Crippen LogP contribution in [-0.2, 0) is 7.05 Å². The standard InChI is InChI=1S/C18H15N7O/c1-10-16(15-4-3-14(26-15)13-5-6-21-24-13)12(7-19)18(20)23-17(10)11-8-22-25(2)9-11/h3-6,8-9H,1-2H3,(H2,20,23)(H,21,24). The maximum Gasteiger partial charge on any atom is 0.152 e. The van der Waals surface area contributed by atoms with Crippen molar-refractivity contribution < 1.29 is 4.42 Å². The Kier molecular flexibility index (Phi) is 3.55. The van der Waals surface area contributed by atoms with Gasteiger partial charge in [0.25, 0.3) is 0 Å². The second-order valence-electron chi connectivity index (χ2n) is 5.87. The molecule has 26 heavy (non-hydrogen) atoms. The molecule has 0 atom stereocenters. The molecule has 0 aliphatic rings. The van der Waals surface area contributed by atoms with Gasteiger partial charge in [0.15, 0.2) is 5.76 Å². The van der Waals surface area contributed by atoms with Crippen LogP contribution in [0.5, 0.6) is 0 Å². The van der Waals surface area contributed by atoms with Gasteiger partial charge < -0.3 is 10.2 Å². The molecule has 4 aromatic rings. The maximum atomic E-state index is 9.60. The number of nitrogens with two attached hydrogens (primary N) is 1. The van der Waals surface area contributed by atoms with Crippen molar-refractivity contribution in [2.24, 2.45) is 7.05 Å². The normalized spacial score (nSPS) is 10.8. The summed E-state index contributed by atoms with van der Waals surface area (Å²) in [5.41, 5.74) is 10.0. The van der Waals surface area contributed by atoms with Crippen LogP contribution in [0, 0.1) is 18.3 Å². The molecule has 0 saturated carbocycles. The minimum absolute atomic E-state index is 0.159. The third-order valence-electron chi connectivity index (χ3n) is 4.18. The van der Waals surface area contributed by atoms with Crippen LogP contribution in [0.25, 0.3) is 34.0 Å². The summed E-state index contributed by atoms with van der Waals surface area (Å²) in [6.45, 7) is 1.89. The Morgan fingerprint density at radius 1 is 1.27 bits per heavy atom. The Bertz CT molecular complexity index is 1130. The first kappa shape index (κ1) is 15.7. The molecule has 0 unspecified atom stereocenters. The van der Waals surface area contributed by atoms with Crippen molar-refractivity contribution in [1.82, 2.24) is 25.0 Å². The minimum Gasteiger partial charge on any atom is -0.454 e. The first-order chi connectivity index (χ1) is 12.6. The molecule has 0 spiro atoms. The number of nitrogens with zero attached hydrogens (tertiary/aromatic N) is 5. The third-order valence-corrected chi connectivity index (χ3v) is 4.18. The number of aromatic nitrogens is 5. The smallest absolute Gasteiger partial charge is 0.152 e. The molecule has 0 radical (unpaired) electrons. The molecule has 0 aliphatic heterocycles. The van der Waals surface area contributed by atoms with Gasteiger partial charge in [0.2, 0.25) is 0 Å². The number of aryl methyl sites for hydroxylation is 1. The Morgan fingerprint density at radius 3 is 2.73 bits per heavy atom. The Hall–Kier alpha value is -3.86. The first-order valence-corrected chi connectivity index (χ1v) is 7.87. The van der Waals surface area contributed by atoms with E-state index in [0.717, 1.165) is 16.8 Å². The fourth-order valence-corrected chi connectivity index (χ4v) is 2.95. The summed E-state index contributed by atoms with van der Waals surface area (Å²) >= 11 is 0. The van der Waals surface area contributed by atoms with Gasteiger partial charge in [-0.05, 0) is 30.7 Å². The number of H-pyrrole nitrogens is 1. The number of hydrogen-bond acceptors (Lipinski definition) is 6. The van der Waals surface area contributed by atoms with Crippen molar-refractivity contribution in [3.8, 4) is 40.1 Å². The van der Waals surface area contributed by atoms with Gasteiger partial charge in [0.1, 0.15) is 28.9 Å². The molecule has 4 rings (SSSR count). The van der Waals surface area contributed by atoms with Crippen LogP contribution in [-0.4, -0.2) is 25.0 Å². The van der Waals surface area contributed by atoms with E-state index in [1.807, 2.05) is 38.4 Å². The number of pyridine rings is 1. The lowest BCUT2D eigenvalue weighted by Gasteiger charge is -2.12. The summed E-state index contributed by atoms with van der Waals surface area (Å²) in [5.74, 6) is 1.33. The van der Waals surface area contributed by atoms with Gasteiger partial charge in [0, 0.05) is 30.6 Å². The molecular weight excluding hydrogens is 330 g/mol. The van der Waals surface area contributed by atoms with E-state index in [-0.39, 0.29) is 5.82 Å². The molecule has 128 valence electrons. The highest BCUT2D eigenvalue weighted by molar-refractivity contribution is 5.82. The zero-order chi connectivity index (χ0) is 18.3. The van der Waals surface area contributed by atoms with Gasteiger partial charge in [-0.1, -0.05) is 0 Å². The number of nitriles is 1. The Labute approximate surface area is 148 Å². The van der Waals surface area contributed by atoms with Crippen molar-refractivity contribution in [2.45, 2.75) is 6.92 Å². The molecule has 0 aromatic carbocycles. The van der Waals surface area contributed by atoms with Gasteiger partial charge >= 0.3 is 0 Å². The highest BCUT2D eigenvalue weighted by atomic mass is 16.3. The molecule has 4 aromatic heterocycles. The van der Waals surface area contributed by atoms with Gasteiger partial charge in [-0.25, -0.2) is 4.98 Å². The highest BCUT2D eigenvalue weighted by Gasteiger charge is 2.21. The molecule has 4 heterocycles. The highest BCUT2D eigenvalue weighted by Crippen LogP contribution is 2.37. The van der Waals surface area contributed by atoms with Crippen LogP contribution in [0.3, 0.4) is 0 Å². The van der Waals surface area contributed by atoms with Crippen molar-refractivity contribution in [2.75, 3.05) is 5.73 Å². The van der Waals surface area contributed by atoms with Crippen molar-refractivity contribution in [3.63, 3.8) is 0 Å². The fraction of sp³-hybridized carbons (Fsp3) is 0.111.